The molecule has 1 aromatic heterocycles. The Hall–Kier alpha value is -1.45. The molecule has 0 saturated heterocycles. The van der Waals surface area contributed by atoms with E-state index < -0.39 is 16.0 Å². The van der Waals surface area contributed by atoms with E-state index in [-0.39, 0.29) is 23.7 Å². The summed E-state index contributed by atoms with van der Waals surface area (Å²) in [4.78, 5) is 13.7. The lowest BCUT2D eigenvalue weighted by atomic mass is 10.3. The molecule has 1 heterocycles. The van der Waals surface area contributed by atoms with E-state index >= 15 is 0 Å². The van der Waals surface area contributed by atoms with E-state index in [1.165, 1.54) is 0 Å². The Kier molecular flexibility index (Phi) is 6.31. The Labute approximate surface area is 124 Å². The lowest BCUT2D eigenvalue weighted by molar-refractivity contribution is 0.0522. The predicted octanol–water partition coefficient (Wildman–Crippen LogP) is 0.205. The highest BCUT2D eigenvalue weighted by Crippen LogP contribution is 2.12. The average molecular weight is 318 g/mol. The van der Waals surface area contributed by atoms with Crippen LogP contribution < -0.4 is 4.72 Å². The summed E-state index contributed by atoms with van der Waals surface area (Å²) in [5.74, 6) is -0.717. The minimum Gasteiger partial charge on any atom is -0.462 e. The topological polar surface area (TPSA) is 104 Å². The average Bonchev–Trinajstić information content (AvgIpc) is 2.88. The molecule has 0 atom stereocenters. The van der Waals surface area contributed by atoms with Crippen molar-refractivity contribution in [3.63, 3.8) is 0 Å². The molecular formula is C12H22N4O4S. The number of carbonyl (C=O) groups excluding carboxylic acids is 1. The van der Waals surface area contributed by atoms with Crippen molar-refractivity contribution in [3.05, 3.63) is 11.8 Å². The van der Waals surface area contributed by atoms with Crippen LogP contribution in [0.3, 0.4) is 0 Å². The van der Waals surface area contributed by atoms with Gasteiger partial charge in [0.15, 0.2) is 5.03 Å². The molecule has 0 bridgehead atoms. The second-order valence-electron chi connectivity index (χ2n) is 4.81. The summed E-state index contributed by atoms with van der Waals surface area (Å²) in [6.45, 7) is 6.63. The molecule has 8 nitrogen and oxygen atoms in total. The van der Waals surface area contributed by atoms with Gasteiger partial charge in [-0.15, -0.1) is 0 Å². The molecule has 2 N–H and O–H groups in total. The van der Waals surface area contributed by atoms with Crippen molar-refractivity contribution in [2.75, 3.05) is 26.7 Å². The molecule has 0 aliphatic rings. The van der Waals surface area contributed by atoms with Gasteiger partial charge in [-0.2, -0.15) is 5.10 Å². The third-order valence-corrected chi connectivity index (χ3v) is 4.44. The zero-order valence-corrected chi connectivity index (χ0v) is 13.5. The third-order valence-electron chi connectivity index (χ3n) is 3.01. The molecule has 0 amide bonds. The zero-order chi connectivity index (χ0) is 16.0. The largest absolute Gasteiger partial charge is 0.462 e. The maximum absolute atomic E-state index is 12.2. The fourth-order valence-corrected chi connectivity index (χ4v) is 2.62. The summed E-state index contributed by atoms with van der Waals surface area (Å²) in [6.07, 6.45) is 1.15. The summed E-state index contributed by atoms with van der Waals surface area (Å²) in [5.41, 5.74) is -0.0958. The highest BCUT2D eigenvalue weighted by atomic mass is 32.2. The van der Waals surface area contributed by atoms with Crippen molar-refractivity contribution in [2.45, 2.75) is 31.8 Å². The number of sulfonamides is 1. The monoisotopic (exact) mass is 318 g/mol. The number of aromatic amines is 1. The van der Waals surface area contributed by atoms with Gasteiger partial charge in [0.2, 0.25) is 0 Å². The molecule has 0 saturated carbocycles. The maximum Gasteiger partial charge on any atom is 0.342 e. The van der Waals surface area contributed by atoms with Crippen molar-refractivity contribution >= 4 is 16.0 Å². The molecule has 0 fully saturated rings. The van der Waals surface area contributed by atoms with Gasteiger partial charge in [-0.05, 0) is 27.8 Å². The molecule has 0 aliphatic heterocycles. The van der Waals surface area contributed by atoms with Crippen LogP contribution in [0.25, 0.3) is 0 Å². The van der Waals surface area contributed by atoms with Gasteiger partial charge < -0.3 is 9.64 Å². The lowest BCUT2D eigenvalue weighted by Crippen LogP contribution is -2.36. The van der Waals surface area contributed by atoms with Gasteiger partial charge >= 0.3 is 5.97 Å². The molecule has 0 radical (unpaired) electrons. The number of aromatic nitrogens is 2. The normalized spacial score (nSPS) is 12.1. The number of nitrogens with one attached hydrogen (secondary N) is 2. The quantitative estimate of drug-likeness (QED) is 0.664. The number of nitrogens with zero attached hydrogens (tertiary/aromatic N) is 2. The maximum atomic E-state index is 12.2. The van der Waals surface area contributed by atoms with Crippen molar-refractivity contribution in [3.8, 4) is 0 Å². The van der Waals surface area contributed by atoms with E-state index in [9.17, 15) is 13.2 Å². The number of carbonyl (C=O) groups is 1. The number of hydrogen-bond donors (Lipinski definition) is 2. The van der Waals surface area contributed by atoms with E-state index in [0.717, 1.165) is 6.20 Å². The summed E-state index contributed by atoms with van der Waals surface area (Å²) < 4.78 is 31.6. The second-order valence-corrected chi connectivity index (χ2v) is 6.51. The summed E-state index contributed by atoms with van der Waals surface area (Å²) in [7, 11) is -1.93. The van der Waals surface area contributed by atoms with Crippen molar-refractivity contribution < 1.29 is 17.9 Å². The Bertz CT molecular complexity index is 568. The summed E-state index contributed by atoms with van der Waals surface area (Å²) in [5, 5.41) is 5.67. The predicted molar refractivity (Wildman–Crippen MR) is 77.5 cm³/mol. The fraction of sp³-hybridized carbons (Fsp3) is 0.667. The van der Waals surface area contributed by atoms with E-state index in [0.29, 0.717) is 12.6 Å². The number of H-pyrrole nitrogens is 1. The lowest BCUT2D eigenvalue weighted by Gasteiger charge is -2.20. The third kappa shape index (κ3) is 4.80. The first kappa shape index (κ1) is 17.6. The Morgan fingerprint density at radius 2 is 2.19 bits per heavy atom. The van der Waals surface area contributed by atoms with E-state index in [1.54, 1.807) is 6.92 Å². The van der Waals surface area contributed by atoms with Crippen molar-refractivity contribution in [2.24, 2.45) is 0 Å². The summed E-state index contributed by atoms with van der Waals surface area (Å²) >= 11 is 0. The molecule has 21 heavy (non-hydrogen) atoms. The standard InChI is InChI=1S/C12H22N4O4S/c1-5-20-12(17)10-8-13-15-11(10)21(18,19)14-6-7-16(4)9(2)3/h8-9,14H,5-7H2,1-4H3,(H,13,15). The van der Waals surface area contributed by atoms with Crippen LogP contribution >= 0.6 is 0 Å². The van der Waals surface area contributed by atoms with Crippen LogP contribution in [0.1, 0.15) is 31.1 Å². The van der Waals surface area contributed by atoms with E-state index in [2.05, 4.69) is 14.9 Å². The molecule has 0 aliphatic carbocycles. The van der Waals surface area contributed by atoms with Gasteiger partial charge in [0, 0.05) is 19.1 Å². The van der Waals surface area contributed by atoms with Crippen LogP contribution in [0, 0.1) is 0 Å². The first-order chi connectivity index (χ1) is 9.79. The van der Waals surface area contributed by atoms with Gasteiger partial charge in [-0.1, -0.05) is 0 Å². The molecule has 1 rings (SSSR count). The number of ether oxygens (including phenoxy) is 1. The first-order valence-corrected chi connectivity index (χ1v) is 8.18. The van der Waals surface area contributed by atoms with E-state index in [4.69, 9.17) is 4.74 Å². The number of likely N-dealkylation sites (N-methyl/N-ethyl adjacent to an activating group) is 1. The molecule has 1 aromatic rings. The van der Waals surface area contributed by atoms with Crippen LogP contribution in [0.2, 0.25) is 0 Å². The van der Waals surface area contributed by atoms with Gasteiger partial charge in [0.1, 0.15) is 5.56 Å². The number of hydrogen-bond acceptors (Lipinski definition) is 6. The van der Waals surface area contributed by atoms with Crippen LogP contribution in [-0.4, -0.2) is 62.3 Å². The van der Waals surface area contributed by atoms with Gasteiger partial charge in [-0.25, -0.2) is 17.9 Å². The van der Waals surface area contributed by atoms with Gasteiger partial charge in [0.25, 0.3) is 10.0 Å². The smallest absolute Gasteiger partial charge is 0.342 e. The zero-order valence-electron chi connectivity index (χ0n) is 12.7. The van der Waals surface area contributed by atoms with Crippen molar-refractivity contribution in [1.29, 1.82) is 0 Å². The molecule has 120 valence electrons. The second kappa shape index (κ2) is 7.53. The minimum atomic E-state index is -3.83. The first-order valence-electron chi connectivity index (χ1n) is 6.70. The minimum absolute atomic E-state index is 0.0958. The van der Waals surface area contributed by atoms with Gasteiger partial charge in [-0.3, -0.25) is 5.10 Å². The molecule has 0 aromatic carbocycles. The fourth-order valence-electron chi connectivity index (χ4n) is 1.52. The Balaban J connectivity index is 2.75. The highest BCUT2D eigenvalue weighted by Gasteiger charge is 2.25. The van der Waals surface area contributed by atoms with Crippen LogP contribution in [-0.2, 0) is 14.8 Å². The molecule has 0 unspecified atom stereocenters. The van der Waals surface area contributed by atoms with Crippen LogP contribution in [0.4, 0.5) is 0 Å². The van der Waals surface area contributed by atoms with Crippen molar-refractivity contribution in [1.82, 2.24) is 19.8 Å². The SMILES string of the molecule is CCOC(=O)c1cn[nH]c1S(=O)(=O)NCCN(C)C(C)C. The number of esters is 1. The molecule has 0 spiro atoms. The van der Waals surface area contributed by atoms with E-state index in [1.807, 2.05) is 25.8 Å². The van der Waals surface area contributed by atoms with Gasteiger partial charge in [0.05, 0.1) is 12.8 Å². The summed E-state index contributed by atoms with van der Waals surface area (Å²) in [6, 6.07) is 0.316. The Morgan fingerprint density at radius 1 is 1.52 bits per heavy atom. The number of rotatable bonds is 8. The van der Waals surface area contributed by atoms with Crippen LogP contribution in [0.15, 0.2) is 11.2 Å². The molecule has 9 heteroatoms. The highest BCUT2D eigenvalue weighted by molar-refractivity contribution is 7.89. The van der Waals surface area contributed by atoms with Crippen LogP contribution in [0.5, 0.6) is 0 Å². The Morgan fingerprint density at radius 3 is 2.76 bits per heavy atom. The molecular weight excluding hydrogens is 296 g/mol.